The number of guanidine groups is 1. The highest BCUT2D eigenvalue weighted by Crippen LogP contribution is 2.38. The number of likely N-dealkylation sites (N-methyl/N-ethyl adjacent to an activating group) is 1. The number of nitrogens with zero attached hydrogens (tertiary/aromatic N) is 5. The summed E-state index contributed by atoms with van der Waals surface area (Å²) in [4.78, 5) is 16.4. The van der Waals surface area contributed by atoms with Gasteiger partial charge in [0.2, 0.25) is 0 Å². The molecule has 0 amide bonds. The fourth-order valence-electron chi connectivity index (χ4n) is 4.47. The Bertz CT molecular complexity index is 670. The number of anilines is 1. The van der Waals surface area contributed by atoms with E-state index in [1.807, 2.05) is 19.3 Å². The van der Waals surface area contributed by atoms with Gasteiger partial charge in [-0.1, -0.05) is 6.07 Å². The number of aliphatic imine (C=N–C) groups is 1. The number of rotatable bonds is 3. The van der Waals surface area contributed by atoms with Crippen molar-refractivity contribution < 1.29 is 4.74 Å². The van der Waals surface area contributed by atoms with E-state index in [1.165, 1.54) is 18.4 Å². The molecular formula is C20H33IN6O. The zero-order valence-corrected chi connectivity index (χ0v) is 19.4. The summed E-state index contributed by atoms with van der Waals surface area (Å²) < 4.78 is 5.66. The molecule has 1 unspecified atom stereocenters. The van der Waals surface area contributed by atoms with Crippen LogP contribution < -0.4 is 10.2 Å². The van der Waals surface area contributed by atoms with Crippen LogP contribution in [0.25, 0.3) is 0 Å². The molecule has 3 aliphatic rings. The molecule has 0 aliphatic carbocycles. The van der Waals surface area contributed by atoms with Crippen LogP contribution in [0.3, 0.4) is 0 Å². The van der Waals surface area contributed by atoms with Gasteiger partial charge in [0, 0.05) is 76.6 Å². The Morgan fingerprint density at radius 2 is 2.07 bits per heavy atom. The Kier molecular flexibility index (Phi) is 7.38. The third-order valence-corrected chi connectivity index (χ3v) is 6.24. The lowest BCUT2D eigenvalue weighted by atomic mass is 9.87. The summed E-state index contributed by atoms with van der Waals surface area (Å²) in [6.45, 7) is 8.90. The summed E-state index contributed by atoms with van der Waals surface area (Å²) in [7, 11) is 4.06. The quantitative estimate of drug-likeness (QED) is 0.387. The fraction of sp³-hybridized carbons (Fsp3) is 0.700. The molecule has 3 saturated heterocycles. The van der Waals surface area contributed by atoms with Crippen molar-refractivity contribution in [2.45, 2.75) is 19.4 Å². The topological polar surface area (TPSA) is 56.2 Å². The minimum atomic E-state index is 0. The number of nitrogens with one attached hydrogen (secondary N) is 1. The molecule has 1 aromatic rings. The lowest BCUT2D eigenvalue weighted by Crippen LogP contribution is -2.45. The first-order valence-electron chi connectivity index (χ1n) is 10.1. The normalized spacial score (nSPS) is 26.0. The third kappa shape index (κ3) is 4.71. The summed E-state index contributed by atoms with van der Waals surface area (Å²) in [6.07, 6.45) is 4.28. The van der Waals surface area contributed by atoms with Crippen LogP contribution in [0.5, 0.6) is 0 Å². The van der Waals surface area contributed by atoms with E-state index in [0.717, 1.165) is 70.8 Å². The second-order valence-electron chi connectivity index (χ2n) is 8.15. The molecule has 4 heterocycles. The Morgan fingerprint density at radius 3 is 2.79 bits per heavy atom. The van der Waals surface area contributed by atoms with E-state index in [9.17, 15) is 0 Å². The average Bonchev–Trinajstić information content (AvgIpc) is 3.33. The van der Waals surface area contributed by atoms with Gasteiger partial charge in [0.05, 0.1) is 6.61 Å². The van der Waals surface area contributed by atoms with Gasteiger partial charge in [-0.2, -0.15) is 0 Å². The van der Waals surface area contributed by atoms with Gasteiger partial charge in [-0.25, -0.2) is 4.98 Å². The highest BCUT2D eigenvalue weighted by atomic mass is 127. The number of ether oxygens (including phenoxy) is 1. The second-order valence-corrected chi connectivity index (χ2v) is 8.15. The van der Waals surface area contributed by atoms with Gasteiger partial charge in [0.15, 0.2) is 5.96 Å². The van der Waals surface area contributed by atoms with Crippen LogP contribution in [0, 0.1) is 5.41 Å². The monoisotopic (exact) mass is 500 g/mol. The van der Waals surface area contributed by atoms with Crippen molar-refractivity contribution in [2.24, 2.45) is 10.4 Å². The molecule has 28 heavy (non-hydrogen) atoms. The average molecular weight is 500 g/mol. The first-order chi connectivity index (χ1) is 13.2. The molecule has 3 fully saturated rings. The summed E-state index contributed by atoms with van der Waals surface area (Å²) in [5.74, 6) is 2.10. The molecule has 0 aromatic carbocycles. The van der Waals surface area contributed by atoms with E-state index >= 15 is 0 Å². The highest BCUT2D eigenvalue weighted by Gasteiger charge is 2.42. The smallest absolute Gasteiger partial charge is 0.193 e. The maximum absolute atomic E-state index is 5.66. The van der Waals surface area contributed by atoms with Crippen molar-refractivity contribution in [3.63, 3.8) is 0 Å². The number of piperazine rings is 1. The number of halogens is 1. The van der Waals surface area contributed by atoms with Crippen LogP contribution in [-0.4, -0.2) is 87.3 Å². The molecule has 0 bridgehead atoms. The van der Waals surface area contributed by atoms with E-state index in [2.05, 4.69) is 43.1 Å². The zero-order valence-electron chi connectivity index (χ0n) is 17.1. The predicted molar refractivity (Wildman–Crippen MR) is 124 cm³/mol. The maximum Gasteiger partial charge on any atom is 0.193 e. The van der Waals surface area contributed by atoms with E-state index in [0.29, 0.717) is 5.41 Å². The van der Waals surface area contributed by atoms with Crippen LogP contribution in [0.2, 0.25) is 0 Å². The molecule has 0 saturated carbocycles. The van der Waals surface area contributed by atoms with Crippen molar-refractivity contribution in [3.8, 4) is 0 Å². The third-order valence-electron chi connectivity index (χ3n) is 6.24. The number of aromatic nitrogens is 1. The van der Waals surface area contributed by atoms with Crippen molar-refractivity contribution >= 4 is 35.8 Å². The molecule has 3 aliphatic heterocycles. The van der Waals surface area contributed by atoms with Crippen molar-refractivity contribution in [1.82, 2.24) is 20.1 Å². The Hall–Kier alpha value is -1.13. The van der Waals surface area contributed by atoms with Crippen molar-refractivity contribution in [2.75, 3.05) is 71.5 Å². The van der Waals surface area contributed by atoms with Crippen LogP contribution in [0.1, 0.15) is 18.4 Å². The van der Waals surface area contributed by atoms with E-state index < -0.39 is 0 Å². The van der Waals surface area contributed by atoms with E-state index in [-0.39, 0.29) is 24.0 Å². The second kappa shape index (κ2) is 9.58. The lowest BCUT2D eigenvalue weighted by molar-refractivity contribution is 0.156. The molecule has 8 heteroatoms. The summed E-state index contributed by atoms with van der Waals surface area (Å²) in [5.41, 5.74) is 1.58. The van der Waals surface area contributed by atoms with Gasteiger partial charge >= 0.3 is 0 Å². The van der Waals surface area contributed by atoms with Gasteiger partial charge in [-0.15, -0.1) is 24.0 Å². The van der Waals surface area contributed by atoms with Crippen molar-refractivity contribution in [1.29, 1.82) is 0 Å². The summed E-state index contributed by atoms with van der Waals surface area (Å²) in [6, 6.07) is 4.21. The number of hydrogen-bond donors (Lipinski definition) is 1. The Morgan fingerprint density at radius 1 is 1.25 bits per heavy atom. The molecular weight excluding hydrogens is 467 g/mol. The highest BCUT2D eigenvalue weighted by molar-refractivity contribution is 14.0. The molecule has 1 spiro atoms. The van der Waals surface area contributed by atoms with Gasteiger partial charge < -0.3 is 24.8 Å². The van der Waals surface area contributed by atoms with E-state index in [4.69, 9.17) is 4.74 Å². The van der Waals surface area contributed by atoms with Gasteiger partial charge in [0.25, 0.3) is 0 Å². The zero-order chi connectivity index (χ0) is 18.7. The molecule has 0 radical (unpaired) electrons. The largest absolute Gasteiger partial charge is 0.381 e. The van der Waals surface area contributed by atoms with Gasteiger partial charge in [-0.3, -0.25) is 4.99 Å². The first kappa shape index (κ1) is 21.6. The fourth-order valence-corrected chi connectivity index (χ4v) is 4.47. The Labute approximate surface area is 185 Å². The van der Waals surface area contributed by atoms with Crippen LogP contribution in [-0.2, 0) is 11.3 Å². The van der Waals surface area contributed by atoms with E-state index in [1.54, 1.807) is 0 Å². The number of pyridine rings is 1. The van der Waals surface area contributed by atoms with Crippen LogP contribution in [0.4, 0.5) is 5.82 Å². The lowest BCUT2D eigenvalue weighted by Gasteiger charge is -2.34. The Balaban J connectivity index is 0.00000225. The summed E-state index contributed by atoms with van der Waals surface area (Å²) >= 11 is 0. The van der Waals surface area contributed by atoms with Gasteiger partial charge in [-0.05, 0) is 26.0 Å². The van der Waals surface area contributed by atoms with Gasteiger partial charge in [0.1, 0.15) is 5.82 Å². The standard InChI is InChI=1S/C20H32N6O.HI/c1-21-19(26-8-5-20(15-26)6-13-27-16-20)23-14-17-4-3-7-22-18(17)25-11-9-24(2)10-12-25;/h3-4,7H,5-6,8-16H2,1-2H3,(H,21,23);1H. The molecule has 1 aromatic heterocycles. The summed E-state index contributed by atoms with van der Waals surface area (Å²) in [5, 5.41) is 3.58. The molecule has 4 rings (SSSR count). The minimum absolute atomic E-state index is 0. The van der Waals surface area contributed by atoms with Crippen LogP contribution >= 0.6 is 24.0 Å². The maximum atomic E-state index is 5.66. The first-order valence-corrected chi connectivity index (χ1v) is 10.1. The molecule has 7 nitrogen and oxygen atoms in total. The number of likely N-dealkylation sites (tertiary alicyclic amines) is 1. The predicted octanol–water partition coefficient (Wildman–Crippen LogP) is 1.64. The SMILES string of the molecule is CN=C(NCc1cccnc1N1CCN(C)CC1)N1CCC2(CCOC2)C1.I. The number of hydrogen-bond acceptors (Lipinski definition) is 5. The van der Waals surface area contributed by atoms with Crippen molar-refractivity contribution in [3.05, 3.63) is 23.9 Å². The molecule has 1 N–H and O–H groups in total. The minimum Gasteiger partial charge on any atom is -0.381 e. The molecule has 156 valence electrons. The molecule has 1 atom stereocenters. The van der Waals surface area contributed by atoms with Crippen LogP contribution in [0.15, 0.2) is 23.3 Å².